The number of benzene rings is 2. The highest BCUT2D eigenvalue weighted by atomic mass is 32.1. The Balaban J connectivity index is 1.68. The van der Waals surface area contributed by atoms with E-state index >= 15 is 0 Å². The Morgan fingerprint density at radius 2 is 1.93 bits per heavy atom. The number of methoxy groups -OCH3 is 1. The molecule has 2 aromatic carbocycles. The average Bonchev–Trinajstić information content (AvgIpc) is 3.20. The summed E-state index contributed by atoms with van der Waals surface area (Å²) in [5.41, 5.74) is 1.53. The highest BCUT2D eigenvalue weighted by Gasteiger charge is 2.18. The van der Waals surface area contributed by atoms with E-state index in [1.807, 2.05) is 17.5 Å². The first-order valence-corrected chi connectivity index (χ1v) is 9.35. The number of ether oxygens (including phenoxy) is 1. The van der Waals surface area contributed by atoms with Crippen LogP contribution in [0.25, 0.3) is 0 Å². The molecule has 0 aliphatic carbocycles. The summed E-state index contributed by atoms with van der Waals surface area (Å²) in [6.45, 7) is 0. The first kappa shape index (κ1) is 19.0. The second kappa shape index (κ2) is 8.77. The molecule has 3 rings (SSSR count). The van der Waals surface area contributed by atoms with Gasteiger partial charge in [-0.05, 0) is 53.3 Å². The van der Waals surface area contributed by atoms with Crippen LogP contribution in [0.4, 0.5) is 8.78 Å². The highest BCUT2D eigenvalue weighted by Crippen LogP contribution is 2.26. The van der Waals surface area contributed by atoms with Crippen molar-refractivity contribution >= 4 is 17.2 Å². The number of hydrogen-bond donors (Lipinski definition) is 1. The Bertz CT molecular complexity index is 895. The number of aryl methyl sites for hydroxylation is 1. The normalized spacial score (nSPS) is 11.8. The maximum atomic E-state index is 13.8. The topological polar surface area (TPSA) is 38.3 Å². The Kier molecular flexibility index (Phi) is 6.19. The van der Waals surface area contributed by atoms with Gasteiger partial charge in [0, 0.05) is 11.3 Å². The molecule has 140 valence electrons. The molecule has 1 unspecified atom stereocenters. The molecule has 1 N–H and O–H groups in total. The smallest absolute Gasteiger partial charge is 0.221 e. The quantitative estimate of drug-likeness (QED) is 0.628. The van der Waals surface area contributed by atoms with Crippen LogP contribution >= 0.6 is 11.3 Å². The largest absolute Gasteiger partial charge is 0.494 e. The number of nitrogens with one attached hydrogen (secondary N) is 1. The number of rotatable bonds is 7. The monoisotopic (exact) mass is 387 g/mol. The molecule has 0 aliphatic rings. The number of amides is 1. The van der Waals surface area contributed by atoms with E-state index in [9.17, 15) is 13.6 Å². The van der Waals surface area contributed by atoms with E-state index in [4.69, 9.17) is 4.74 Å². The minimum Gasteiger partial charge on any atom is -0.494 e. The van der Waals surface area contributed by atoms with Gasteiger partial charge in [-0.3, -0.25) is 4.79 Å². The predicted octanol–water partition coefficient (Wildman–Crippen LogP) is 4.87. The SMILES string of the molecule is COc1ccc(CCC(=O)NC(c2ccc(F)cc2)c2cccs2)cc1F. The lowest BCUT2D eigenvalue weighted by atomic mass is 10.0. The van der Waals surface area contributed by atoms with E-state index in [1.165, 1.54) is 36.6 Å². The van der Waals surface area contributed by atoms with E-state index < -0.39 is 5.82 Å². The molecule has 0 saturated carbocycles. The number of thiophene rings is 1. The second-order valence-corrected chi connectivity index (χ2v) is 7.02. The van der Waals surface area contributed by atoms with E-state index in [1.54, 1.807) is 24.3 Å². The fourth-order valence-corrected chi connectivity index (χ4v) is 3.59. The molecule has 3 aromatic rings. The minimum atomic E-state index is -0.446. The standard InChI is InChI=1S/C21H19F2NO2S/c1-26-18-10-4-14(13-17(18)23)5-11-20(25)24-21(19-3-2-12-27-19)15-6-8-16(22)9-7-15/h2-4,6-10,12-13,21H,5,11H2,1H3,(H,24,25). The van der Waals surface area contributed by atoms with Crippen molar-refractivity contribution in [2.45, 2.75) is 18.9 Å². The summed E-state index contributed by atoms with van der Waals surface area (Å²) in [4.78, 5) is 13.4. The number of halogens is 2. The van der Waals surface area contributed by atoms with Gasteiger partial charge in [0.15, 0.2) is 11.6 Å². The lowest BCUT2D eigenvalue weighted by Gasteiger charge is -2.18. The number of carbonyl (C=O) groups is 1. The zero-order chi connectivity index (χ0) is 19.2. The Labute approximate surface area is 160 Å². The summed E-state index contributed by atoms with van der Waals surface area (Å²) in [5, 5.41) is 4.92. The van der Waals surface area contributed by atoms with Gasteiger partial charge in [0.05, 0.1) is 13.2 Å². The van der Waals surface area contributed by atoms with Crippen LogP contribution in [-0.4, -0.2) is 13.0 Å². The Morgan fingerprint density at radius 1 is 1.15 bits per heavy atom. The maximum absolute atomic E-state index is 13.8. The van der Waals surface area contributed by atoms with Gasteiger partial charge in [-0.1, -0.05) is 24.3 Å². The fraction of sp³-hybridized carbons (Fsp3) is 0.190. The molecule has 1 atom stereocenters. The van der Waals surface area contributed by atoms with Crippen LogP contribution in [0.5, 0.6) is 5.75 Å². The van der Waals surface area contributed by atoms with Gasteiger partial charge in [0.25, 0.3) is 0 Å². The first-order chi connectivity index (χ1) is 13.1. The molecular weight excluding hydrogens is 368 g/mol. The third-order valence-corrected chi connectivity index (χ3v) is 5.13. The average molecular weight is 387 g/mol. The van der Waals surface area contributed by atoms with E-state index in [-0.39, 0.29) is 29.9 Å². The van der Waals surface area contributed by atoms with Crippen LogP contribution in [0.2, 0.25) is 0 Å². The van der Waals surface area contributed by atoms with Gasteiger partial charge in [-0.25, -0.2) is 8.78 Å². The Hall–Kier alpha value is -2.73. The van der Waals surface area contributed by atoms with Gasteiger partial charge in [-0.15, -0.1) is 11.3 Å². The summed E-state index contributed by atoms with van der Waals surface area (Å²) in [6, 6.07) is 14.2. The molecule has 27 heavy (non-hydrogen) atoms. The minimum absolute atomic E-state index is 0.158. The van der Waals surface area contributed by atoms with Crippen molar-refractivity contribution in [1.82, 2.24) is 5.32 Å². The molecule has 0 aliphatic heterocycles. The molecule has 3 nitrogen and oxygen atoms in total. The Morgan fingerprint density at radius 3 is 2.56 bits per heavy atom. The summed E-state index contributed by atoms with van der Waals surface area (Å²) >= 11 is 1.52. The maximum Gasteiger partial charge on any atom is 0.221 e. The van der Waals surface area contributed by atoms with Gasteiger partial charge in [-0.2, -0.15) is 0 Å². The second-order valence-electron chi connectivity index (χ2n) is 6.04. The molecule has 1 amide bonds. The van der Waals surface area contributed by atoms with Crippen molar-refractivity contribution in [2.75, 3.05) is 7.11 Å². The summed E-state index contributed by atoms with van der Waals surface area (Å²) in [7, 11) is 1.41. The predicted molar refractivity (Wildman–Crippen MR) is 102 cm³/mol. The van der Waals surface area contributed by atoms with Gasteiger partial charge in [0.1, 0.15) is 5.82 Å². The summed E-state index contributed by atoms with van der Waals surface area (Å²) in [5.74, 6) is -0.749. The van der Waals surface area contributed by atoms with Crippen molar-refractivity contribution in [3.05, 3.63) is 87.6 Å². The van der Waals surface area contributed by atoms with Crippen LogP contribution in [0, 0.1) is 11.6 Å². The molecule has 0 fully saturated rings. The van der Waals surface area contributed by atoms with Crippen LogP contribution in [0.3, 0.4) is 0 Å². The number of hydrogen-bond acceptors (Lipinski definition) is 3. The van der Waals surface area contributed by atoms with Crippen molar-refractivity contribution in [3.63, 3.8) is 0 Å². The van der Waals surface area contributed by atoms with Gasteiger partial charge >= 0.3 is 0 Å². The van der Waals surface area contributed by atoms with Crippen molar-refractivity contribution in [3.8, 4) is 5.75 Å². The molecule has 1 heterocycles. The van der Waals surface area contributed by atoms with Crippen molar-refractivity contribution in [1.29, 1.82) is 0 Å². The molecule has 6 heteroatoms. The lowest BCUT2D eigenvalue weighted by Crippen LogP contribution is -2.29. The summed E-state index contributed by atoms with van der Waals surface area (Å²) < 4.78 is 31.9. The van der Waals surface area contributed by atoms with E-state index in [2.05, 4.69) is 5.32 Å². The van der Waals surface area contributed by atoms with Crippen LogP contribution in [0.1, 0.15) is 28.5 Å². The first-order valence-electron chi connectivity index (χ1n) is 8.47. The van der Waals surface area contributed by atoms with E-state index in [0.29, 0.717) is 6.42 Å². The van der Waals surface area contributed by atoms with Crippen LogP contribution in [-0.2, 0) is 11.2 Å². The highest BCUT2D eigenvalue weighted by molar-refractivity contribution is 7.10. The van der Waals surface area contributed by atoms with Gasteiger partial charge < -0.3 is 10.1 Å². The third-order valence-electron chi connectivity index (χ3n) is 4.19. The third kappa shape index (κ3) is 4.92. The van der Waals surface area contributed by atoms with Crippen molar-refractivity contribution in [2.24, 2.45) is 0 Å². The molecule has 0 saturated heterocycles. The molecular formula is C21H19F2NO2S. The fourth-order valence-electron chi connectivity index (χ4n) is 2.79. The van der Waals surface area contributed by atoms with Crippen LogP contribution < -0.4 is 10.1 Å². The van der Waals surface area contributed by atoms with E-state index in [0.717, 1.165) is 16.0 Å². The zero-order valence-corrected chi connectivity index (χ0v) is 15.6. The molecule has 1 aromatic heterocycles. The van der Waals surface area contributed by atoms with Crippen molar-refractivity contribution < 1.29 is 18.3 Å². The number of carbonyl (C=O) groups excluding carboxylic acids is 1. The van der Waals surface area contributed by atoms with Crippen LogP contribution in [0.15, 0.2) is 60.0 Å². The van der Waals surface area contributed by atoms with Gasteiger partial charge in [0.2, 0.25) is 5.91 Å². The summed E-state index contributed by atoms with van der Waals surface area (Å²) in [6.07, 6.45) is 0.627. The lowest BCUT2D eigenvalue weighted by molar-refractivity contribution is -0.121. The molecule has 0 radical (unpaired) electrons. The molecule has 0 spiro atoms. The zero-order valence-electron chi connectivity index (χ0n) is 14.7. The molecule has 0 bridgehead atoms.